The minimum absolute atomic E-state index is 0.744. The van der Waals surface area contributed by atoms with Crippen molar-refractivity contribution in [3.63, 3.8) is 0 Å². The number of pyridine rings is 1. The lowest BCUT2D eigenvalue weighted by Crippen LogP contribution is -2.25. The summed E-state index contributed by atoms with van der Waals surface area (Å²) >= 11 is 0. The Kier molecular flexibility index (Phi) is 4.51. The summed E-state index contributed by atoms with van der Waals surface area (Å²) in [4.78, 5) is 6.53. The quantitative estimate of drug-likeness (QED) is 0.843. The second-order valence-corrected chi connectivity index (χ2v) is 5.65. The van der Waals surface area contributed by atoms with E-state index in [0.717, 1.165) is 25.7 Å². The highest BCUT2D eigenvalue weighted by Gasteiger charge is 2.20. The van der Waals surface area contributed by atoms with Gasteiger partial charge in [0.2, 0.25) is 0 Å². The molecule has 110 valence electrons. The van der Waals surface area contributed by atoms with Crippen molar-refractivity contribution in [2.24, 2.45) is 0 Å². The molecule has 1 aliphatic carbocycles. The molecule has 1 aromatic heterocycles. The zero-order valence-corrected chi connectivity index (χ0v) is 12.6. The molecule has 3 nitrogen and oxygen atoms in total. The second-order valence-electron chi connectivity index (χ2n) is 5.65. The molecule has 0 atom stereocenters. The molecule has 0 unspecified atom stereocenters. The van der Waals surface area contributed by atoms with Gasteiger partial charge in [0, 0.05) is 43.8 Å². The molecule has 3 rings (SSSR count). The number of anilines is 1. The van der Waals surface area contributed by atoms with Crippen molar-refractivity contribution in [1.82, 2.24) is 10.3 Å². The summed E-state index contributed by atoms with van der Waals surface area (Å²) in [6, 6.07) is 13.7. The fourth-order valence-corrected chi connectivity index (χ4v) is 2.59. The predicted octanol–water partition coefficient (Wildman–Crippen LogP) is 3.36. The van der Waals surface area contributed by atoms with Gasteiger partial charge in [-0.2, -0.15) is 0 Å². The number of hydrogen-bond donors (Lipinski definition) is 1. The molecule has 0 bridgehead atoms. The lowest BCUT2D eigenvalue weighted by Gasteiger charge is -2.26. The molecule has 3 heteroatoms. The molecule has 0 aliphatic heterocycles. The molecular formula is C18H23N3. The third-order valence-corrected chi connectivity index (χ3v) is 4.00. The number of aromatic nitrogens is 1. The second kappa shape index (κ2) is 6.72. The molecule has 21 heavy (non-hydrogen) atoms. The maximum absolute atomic E-state index is 4.10. The number of nitrogens with one attached hydrogen (secondary N) is 1. The Morgan fingerprint density at radius 2 is 1.90 bits per heavy atom. The standard InChI is InChI=1S/C18H23N3/c1-2-21(14-15-9-11-19-12-10-15)18-6-4-3-5-16(18)13-20-17-7-8-17/h3-6,9-12,17,20H,2,7-8,13-14H2,1H3. The van der Waals surface area contributed by atoms with Gasteiger partial charge in [-0.3, -0.25) is 4.98 Å². The van der Waals surface area contributed by atoms with E-state index >= 15 is 0 Å². The molecule has 2 aromatic rings. The van der Waals surface area contributed by atoms with E-state index in [-0.39, 0.29) is 0 Å². The van der Waals surface area contributed by atoms with Gasteiger partial charge in [0.25, 0.3) is 0 Å². The van der Waals surface area contributed by atoms with Crippen LogP contribution in [-0.2, 0) is 13.1 Å². The minimum atomic E-state index is 0.744. The first-order valence-electron chi connectivity index (χ1n) is 7.82. The molecule has 1 N–H and O–H groups in total. The van der Waals surface area contributed by atoms with E-state index in [1.807, 2.05) is 12.4 Å². The highest BCUT2D eigenvalue weighted by atomic mass is 15.1. The summed E-state index contributed by atoms with van der Waals surface area (Å²) < 4.78 is 0. The van der Waals surface area contributed by atoms with Gasteiger partial charge in [-0.15, -0.1) is 0 Å². The van der Waals surface area contributed by atoms with E-state index in [1.54, 1.807) is 0 Å². The number of nitrogens with zero attached hydrogens (tertiary/aromatic N) is 2. The maximum atomic E-state index is 4.10. The summed E-state index contributed by atoms with van der Waals surface area (Å²) in [6.07, 6.45) is 6.39. The molecule has 0 amide bonds. The Hall–Kier alpha value is -1.87. The molecule has 1 heterocycles. The van der Waals surface area contributed by atoms with Crippen LogP contribution in [0.1, 0.15) is 30.9 Å². The predicted molar refractivity (Wildman–Crippen MR) is 87.3 cm³/mol. The van der Waals surface area contributed by atoms with Gasteiger partial charge in [0.15, 0.2) is 0 Å². The molecule has 1 aliphatic rings. The SMILES string of the molecule is CCN(Cc1ccncc1)c1ccccc1CNC1CC1. The van der Waals surface area contributed by atoms with E-state index in [2.05, 4.69) is 58.5 Å². The first kappa shape index (κ1) is 14.1. The first-order chi connectivity index (χ1) is 10.4. The zero-order valence-electron chi connectivity index (χ0n) is 12.6. The van der Waals surface area contributed by atoms with Crippen LogP contribution in [0.4, 0.5) is 5.69 Å². The van der Waals surface area contributed by atoms with Gasteiger partial charge in [-0.1, -0.05) is 18.2 Å². The van der Waals surface area contributed by atoms with Crippen LogP contribution in [0.25, 0.3) is 0 Å². The third kappa shape index (κ3) is 3.82. The molecule has 1 fully saturated rings. The number of benzene rings is 1. The number of hydrogen-bond acceptors (Lipinski definition) is 3. The molecule has 0 radical (unpaired) electrons. The largest absolute Gasteiger partial charge is 0.367 e. The smallest absolute Gasteiger partial charge is 0.0430 e. The average Bonchev–Trinajstić information content (AvgIpc) is 3.36. The Morgan fingerprint density at radius 3 is 2.62 bits per heavy atom. The van der Waals surface area contributed by atoms with Crippen LogP contribution in [0.2, 0.25) is 0 Å². The van der Waals surface area contributed by atoms with Crippen molar-refractivity contribution in [1.29, 1.82) is 0 Å². The fourth-order valence-electron chi connectivity index (χ4n) is 2.59. The molecule has 0 spiro atoms. The lowest BCUT2D eigenvalue weighted by molar-refractivity contribution is 0.683. The topological polar surface area (TPSA) is 28.2 Å². The summed E-state index contributed by atoms with van der Waals surface area (Å²) in [5, 5.41) is 3.62. The van der Waals surface area contributed by atoms with Crippen LogP contribution in [0, 0.1) is 0 Å². The normalized spacial score (nSPS) is 14.1. The molecule has 0 saturated heterocycles. The van der Waals surface area contributed by atoms with Gasteiger partial charge >= 0.3 is 0 Å². The number of para-hydroxylation sites is 1. The van der Waals surface area contributed by atoms with Crippen molar-refractivity contribution in [2.75, 3.05) is 11.4 Å². The third-order valence-electron chi connectivity index (χ3n) is 4.00. The van der Waals surface area contributed by atoms with Gasteiger partial charge in [-0.25, -0.2) is 0 Å². The molecule has 1 aromatic carbocycles. The van der Waals surface area contributed by atoms with Crippen molar-refractivity contribution in [3.8, 4) is 0 Å². The van der Waals surface area contributed by atoms with E-state index in [1.165, 1.54) is 29.7 Å². The Morgan fingerprint density at radius 1 is 1.14 bits per heavy atom. The summed E-state index contributed by atoms with van der Waals surface area (Å²) in [5.74, 6) is 0. The van der Waals surface area contributed by atoms with E-state index < -0.39 is 0 Å². The van der Waals surface area contributed by atoms with Crippen LogP contribution >= 0.6 is 0 Å². The van der Waals surface area contributed by atoms with Crippen LogP contribution in [0.15, 0.2) is 48.8 Å². The summed E-state index contributed by atoms with van der Waals surface area (Å²) in [6.45, 7) is 5.11. The zero-order chi connectivity index (χ0) is 14.5. The van der Waals surface area contributed by atoms with Gasteiger partial charge in [-0.05, 0) is 49.1 Å². The van der Waals surface area contributed by atoms with Crippen LogP contribution in [-0.4, -0.2) is 17.6 Å². The fraction of sp³-hybridized carbons (Fsp3) is 0.389. The van der Waals surface area contributed by atoms with E-state index in [9.17, 15) is 0 Å². The maximum Gasteiger partial charge on any atom is 0.0430 e. The highest BCUT2D eigenvalue weighted by Crippen LogP contribution is 2.24. The summed E-state index contributed by atoms with van der Waals surface area (Å²) in [7, 11) is 0. The Bertz CT molecular complexity index is 564. The van der Waals surface area contributed by atoms with E-state index in [0.29, 0.717) is 0 Å². The minimum Gasteiger partial charge on any atom is -0.367 e. The van der Waals surface area contributed by atoms with Crippen molar-refractivity contribution >= 4 is 5.69 Å². The van der Waals surface area contributed by atoms with Crippen LogP contribution < -0.4 is 10.2 Å². The van der Waals surface area contributed by atoms with Crippen molar-refractivity contribution < 1.29 is 0 Å². The highest BCUT2D eigenvalue weighted by molar-refractivity contribution is 5.54. The molecular weight excluding hydrogens is 258 g/mol. The van der Waals surface area contributed by atoms with Gasteiger partial charge in [0.1, 0.15) is 0 Å². The van der Waals surface area contributed by atoms with E-state index in [4.69, 9.17) is 0 Å². The van der Waals surface area contributed by atoms with Crippen molar-refractivity contribution in [3.05, 3.63) is 59.9 Å². The number of rotatable bonds is 7. The van der Waals surface area contributed by atoms with Crippen molar-refractivity contribution in [2.45, 2.75) is 38.9 Å². The summed E-state index contributed by atoms with van der Waals surface area (Å²) in [5.41, 5.74) is 4.03. The average molecular weight is 281 g/mol. The Labute approximate surface area is 127 Å². The lowest BCUT2D eigenvalue weighted by atomic mass is 10.1. The van der Waals surface area contributed by atoms with Crippen LogP contribution in [0.3, 0.4) is 0 Å². The van der Waals surface area contributed by atoms with Crippen LogP contribution in [0.5, 0.6) is 0 Å². The monoisotopic (exact) mass is 281 g/mol. The first-order valence-corrected chi connectivity index (χ1v) is 7.82. The van der Waals surface area contributed by atoms with Gasteiger partial charge < -0.3 is 10.2 Å². The Balaban J connectivity index is 1.75. The molecule has 1 saturated carbocycles. The van der Waals surface area contributed by atoms with Gasteiger partial charge in [0.05, 0.1) is 0 Å².